The highest BCUT2D eigenvalue weighted by Gasteiger charge is 2.52. The van der Waals surface area contributed by atoms with Crippen LogP contribution < -0.4 is 9.47 Å². The van der Waals surface area contributed by atoms with Gasteiger partial charge >= 0.3 is 0 Å². The summed E-state index contributed by atoms with van der Waals surface area (Å²) in [6.07, 6.45) is 1.82. The number of carbonyl (C=O) groups is 1. The lowest BCUT2D eigenvalue weighted by atomic mass is 9.74. The summed E-state index contributed by atoms with van der Waals surface area (Å²) in [5, 5.41) is 10.1. The molecule has 2 aliphatic rings. The molecule has 2 heterocycles. The summed E-state index contributed by atoms with van der Waals surface area (Å²) in [4.78, 5) is 14.8. The molecule has 0 spiro atoms. The van der Waals surface area contributed by atoms with Crippen LogP contribution in [0.5, 0.6) is 11.5 Å². The number of benzene rings is 1. The van der Waals surface area contributed by atoms with Gasteiger partial charge < -0.3 is 19.5 Å². The van der Waals surface area contributed by atoms with E-state index in [1.54, 1.807) is 23.1 Å². The van der Waals surface area contributed by atoms with Crippen molar-refractivity contribution in [3.63, 3.8) is 0 Å². The maximum absolute atomic E-state index is 13.1. The van der Waals surface area contributed by atoms with Crippen molar-refractivity contribution in [2.45, 2.75) is 6.42 Å². The second-order valence-electron chi connectivity index (χ2n) is 7.33. The number of hydrogen-bond donors (Lipinski definition) is 1. The van der Waals surface area contributed by atoms with Gasteiger partial charge in [-0.3, -0.25) is 4.79 Å². The van der Waals surface area contributed by atoms with E-state index in [0.29, 0.717) is 43.1 Å². The van der Waals surface area contributed by atoms with Crippen molar-refractivity contribution in [3.05, 3.63) is 23.8 Å². The molecule has 1 aromatic carbocycles. The molecule has 0 aromatic heterocycles. The molecule has 0 bridgehead atoms. The molecular formula is C18H26N2O6S. The molecule has 1 amide bonds. The highest BCUT2D eigenvalue weighted by molar-refractivity contribution is 7.88. The molecule has 2 aliphatic heterocycles. The van der Waals surface area contributed by atoms with Crippen LogP contribution in [0, 0.1) is 11.3 Å². The fourth-order valence-corrected chi connectivity index (χ4v) is 5.16. The minimum absolute atomic E-state index is 0.0356. The van der Waals surface area contributed by atoms with E-state index in [9.17, 15) is 18.3 Å². The zero-order chi connectivity index (χ0) is 19.8. The lowest BCUT2D eigenvalue weighted by Crippen LogP contribution is -2.52. The van der Waals surface area contributed by atoms with Crippen LogP contribution in [-0.4, -0.2) is 81.9 Å². The molecule has 2 fully saturated rings. The van der Waals surface area contributed by atoms with Gasteiger partial charge in [0.25, 0.3) is 5.91 Å². The first-order chi connectivity index (χ1) is 12.8. The Morgan fingerprint density at radius 1 is 1.30 bits per heavy atom. The van der Waals surface area contributed by atoms with E-state index in [1.807, 2.05) is 0 Å². The van der Waals surface area contributed by atoms with Crippen LogP contribution in [0.25, 0.3) is 0 Å². The van der Waals surface area contributed by atoms with Crippen LogP contribution in [-0.2, 0) is 10.0 Å². The van der Waals surface area contributed by atoms with Gasteiger partial charge in [0.2, 0.25) is 10.0 Å². The summed E-state index contributed by atoms with van der Waals surface area (Å²) in [7, 11) is -0.343. The monoisotopic (exact) mass is 398 g/mol. The molecule has 0 radical (unpaired) electrons. The molecule has 0 aliphatic carbocycles. The second kappa shape index (κ2) is 7.29. The first-order valence-electron chi connectivity index (χ1n) is 8.82. The summed E-state index contributed by atoms with van der Waals surface area (Å²) in [5.74, 6) is 0.664. The summed E-state index contributed by atoms with van der Waals surface area (Å²) in [5.41, 5.74) is -0.246. The molecular weight excluding hydrogens is 372 g/mol. The molecule has 8 nitrogen and oxygen atoms in total. The van der Waals surface area contributed by atoms with Crippen molar-refractivity contribution < 1.29 is 27.8 Å². The van der Waals surface area contributed by atoms with Gasteiger partial charge in [-0.25, -0.2) is 12.7 Å². The van der Waals surface area contributed by atoms with Gasteiger partial charge in [0.15, 0.2) is 11.5 Å². The van der Waals surface area contributed by atoms with Crippen molar-refractivity contribution in [1.82, 2.24) is 9.21 Å². The number of carbonyl (C=O) groups excluding carboxylic acids is 1. The third-order valence-electron chi connectivity index (χ3n) is 5.74. The number of hydrogen-bond acceptors (Lipinski definition) is 6. The first-order valence-corrected chi connectivity index (χ1v) is 10.7. The van der Waals surface area contributed by atoms with Crippen molar-refractivity contribution in [2.24, 2.45) is 11.3 Å². The highest BCUT2D eigenvalue weighted by atomic mass is 32.2. The Morgan fingerprint density at radius 3 is 2.63 bits per heavy atom. The minimum atomic E-state index is -3.34. The summed E-state index contributed by atoms with van der Waals surface area (Å²) < 4.78 is 36.0. The van der Waals surface area contributed by atoms with Gasteiger partial charge in [-0.05, 0) is 24.5 Å². The third-order valence-corrected chi connectivity index (χ3v) is 6.96. The Labute approximate surface area is 159 Å². The van der Waals surface area contributed by atoms with Crippen molar-refractivity contribution in [3.8, 4) is 11.5 Å². The van der Waals surface area contributed by atoms with Crippen LogP contribution in [0.15, 0.2) is 18.2 Å². The molecule has 0 unspecified atom stereocenters. The first kappa shape index (κ1) is 19.9. The zero-order valence-corrected chi connectivity index (χ0v) is 16.7. The number of sulfonamides is 1. The average molecular weight is 398 g/mol. The number of aliphatic hydroxyl groups excluding tert-OH is 1. The van der Waals surface area contributed by atoms with E-state index in [-0.39, 0.29) is 25.0 Å². The average Bonchev–Trinajstić information content (AvgIpc) is 3.06. The van der Waals surface area contributed by atoms with Crippen molar-refractivity contribution >= 4 is 15.9 Å². The predicted octanol–water partition coefficient (Wildman–Crippen LogP) is 0.420. The number of para-hydroxylation sites is 1. The molecule has 3 rings (SSSR count). The number of methoxy groups -OCH3 is 2. The Balaban J connectivity index is 1.87. The standard InChI is InChI=1S/C18H26N2O6S/c1-25-15-6-4-5-14(16(15)26-2)17(22)19-8-7-13-9-20(27(3,23)24)11-18(13,10-19)12-21/h4-6,13,21H,7-12H2,1-3H3/t13-,18+/m0/s1. The van der Waals surface area contributed by atoms with E-state index in [0.717, 1.165) is 0 Å². The predicted molar refractivity (Wildman–Crippen MR) is 99.5 cm³/mol. The maximum Gasteiger partial charge on any atom is 0.257 e. The van der Waals surface area contributed by atoms with Gasteiger partial charge in [0.05, 0.1) is 32.6 Å². The van der Waals surface area contributed by atoms with Crippen LogP contribution >= 0.6 is 0 Å². The van der Waals surface area contributed by atoms with Gasteiger partial charge in [-0.15, -0.1) is 0 Å². The fraction of sp³-hybridized carbons (Fsp3) is 0.611. The number of piperidine rings is 1. The number of amides is 1. The number of aliphatic hydroxyl groups is 1. The Hall–Kier alpha value is -1.84. The fourth-order valence-electron chi connectivity index (χ4n) is 4.21. The minimum Gasteiger partial charge on any atom is -0.493 e. The highest BCUT2D eigenvalue weighted by Crippen LogP contribution is 2.43. The topological polar surface area (TPSA) is 96.4 Å². The molecule has 1 N–H and O–H groups in total. The van der Waals surface area contributed by atoms with Gasteiger partial charge in [0, 0.05) is 31.6 Å². The number of nitrogens with zero attached hydrogens (tertiary/aromatic N) is 2. The molecule has 9 heteroatoms. The van der Waals surface area contributed by atoms with E-state index >= 15 is 0 Å². The summed E-state index contributed by atoms with van der Waals surface area (Å²) in [6, 6.07) is 5.13. The third kappa shape index (κ3) is 3.51. The van der Waals surface area contributed by atoms with E-state index in [2.05, 4.69) is 0 Å². The summed E-state index contributed by atoms with van der Waals surface area (Å²) in [6.45, 7) is 1.27. The van der Waals surface area contributed by atoms with Crippen LogP contribution in [0.2, 0.25) is 0 Å². The molecule has 27 heavy (non-hydrogen) atoms. The zero-order valence-electron chi connectivity index (χ0n) is 15.8. The van der Waals surface area contributed by atoms with Crippen LogP contribution in [0.1, 0.15) is 16.8 Å². The smallest absolute Gasteiger partial charge is 0.257 e. The Kier molecular flexibility index (Phi) is 5.38. The lowest BCUT2D eigenvalue weighted by Gasteiger charge is -2.43. The normalized spacial score (nSPS) is 25.9. The summed E-state index contributed by atoms with van der Waals surface area (Å²) >= 11 is 0. The molecule has 2 saturated heterocycles. The molecule has 1 aromatic rings. The van der Waals surface area contributed by atoms with E-state index in [4.69, 9.17) is 9.47 Å². The van der Waals surface area contributed by atoms with Crippen molar-refractivity contribution in [1.29, 1.82) is 0 Å². The number of rotatable bonds is 5. The number of ether oxygens (including phenoxy) is 2. The molecule has 150 valence electrons. The Bertz CT molecular complexity index is 827. The second-order valence-corrected chi connectivity index (χ2v) is 9.31. The van der Waals surface area contributed by atoms with E-state index in [1.165, 1.54) is 24.8 Å². The lowest BCUT2D eigenvalue weighted by molar-refractivity contribution is 0.0127. The van der Waals surface area contributed by atoms with Crippen LogP contribution in [0.4, 0.5) is 0 Å². The number of fused-ring (bicyclic) bond motifs is 1. The SMILES string of the molecule is COc1cccc(C(=O)N2CC[C@H]3CN(S(C)(=O)=O)C[C@@]3(CO)C2)c1OC. The van der Waals surface area contributed by atoms with Crippen LogP contribution in [0.3, 0.4) is 0 Å². The maximum atomic E-state index is 13.1. The molecule has 2 atom stereocenters. The van der Waals surface area contributed by atoms with Gasteiger partial charge in [0.1, 0.15) is 0 Å². The number of likely N-dealkylation sites (tertiary alicyclic amines) is 1. The van der Waals surface area contributed by atoms with Gasteiger partial charge in [-0.1, -0.05) is 6.07 Å². The van der Waals surface area contributed by atoms with Crippen molar-refractivity contribution in [2.75, 3.05) is 53.3 Å². The largest absolute Gasteiger partial charge is 0.493 e. The van der Waals surface area contributed by atoms with E-state index < -0.39 is 15.4 Å². The molecule has 0 saturated carbocycles. The Morgan fingerprint density at radius 2 is 2.04 bits per heavy atom. The quantitative estimate of drug-likeness (QED) is 0.772. The van der Waals surface area contributed by atoms with Gasteiger partial charge in [-0.2, -0.15) is 0 Å².